The summed E-state index contributed by atoms with van der Waals surface area (Å²) in [4.78, 5) is 29.0. The summed E-state index contributed by atoms with van der Waals surface area (Å²) in [5.41, 5.74) is 5.79. The van der Waals surface area contributed by atoms with Gasteiger partial charge in [0.1, 0.15) is 5.76 Å². The molecule has 0 radical (unpaired) electrons. The second kappa shape index (κ2) is 6.30. The summed E-state index contributed by atoms with van der Waals surface area (Å²) in [6, 6.07) is 7.22. The minimum Gasteiger partial charge on any atom is -0.467 e. The van der Waals surface area contributed by atoms with E-state index in [4.69, 9.17) is 4.42 Å². The fourth-order valence-corrected chi connectivity index (χ4v) is 3.87. The molecule has 1 aromatic heterocycles. The lowest BCUT2D eigenvalue weighted by Crippen LogP contribution is -2.45. The number of urea groups is 1. The Morgan fingerprint density at radius 1 is 1.15 bits per heavy atom. The molecule has 6 heteroatoms. The number of nitrogens with one attached hydrogen (secondary N) is 1. The van der Waals surface area contributed by atoms with Crippen LogP contribution >= 0.6 is 0 Å². The Kier molecular flexibility index (Phi) is 4.06. The van der Waals surface area contributed by atoms with Crippen molar-refractivity contribution in [3.63, 3.8) is 0 Å². The van der Waals surface area contributed by atoms with Crippen LogP contribution in [-0.2, 0) is 11.3 Å². The first-order valence-electron chi connectivity index (χ1n) is 9.03. The molecule has 27 heavy (non-hydrogen) atoms. The van der Waals surface area contributed by atoms with Crippen LogP contribution in [0.5, 0.6) is 0 Å². The normalized spacial score (nSPS) is 19.6. The fourth-order valence-electron chi connectivity index (χ4n) is 3.87. The van der Waals surface area contributed by atoms with Gasteiger partial charge in [-0.15, -0.1) is 0 Å². The summed E-state index contributed by atoms with van der Waals surface area (Å²) in [6.45, 7) is 6.92. The van der Waals surface area contributed by atoms with E-state index in [2.05, 4.69) is 24.4 Å². The highest BCUT2D eigenvalue weighted by Gasteiger charge is 2.43. The predicted molar refractivity (Wildman–Crippen MR) is 101 cm³/mol. The minimum absolute atomic E-state index is 0.0594. The second-order valence-electron chi connectivity index (χ2n) is 7.34. The average Bonchev–Trinajstić information content (AvgIpc) is 3.24. The number of aryl methyl sites for hydroxylation is 3. The third kappa shape index (κ3) is 2.81. The van der Waals surface area contributed by atoms with E-state index in [0.29, 0.717) is 18.7 Å². The van der Waals surface area contributed by atoms with Gasteiger partial charge in [0.25, 0.3) is 5.91 Å². The molecule has 1 N–H and O–H groups in total. The van der Waals surface area contributed by atoms with Crippen molar-refractivity contribution in [2.45, 2.75) is 33.4 Å². The smallest absolute Gasteiger partial charge is 0.322 e. The number of likely N-dealkylation sites (N-methyl/N-ethyl adjacent to an activating group) is 1. The maximum absolute atomic E-state index is 13.2. The molecule has 4 rings (SSSR count). The van der Waals surface area contributed by atoms with Gasteiger partial charge in [-0.3, -0.25) is 9.69 Å². The summed E-state index contributed by atoms with van der Waals surface area (Å²) < 4.78 is 5.40. The Hall–Kier alpha value is -3.02. The van der Waals surface area contributed by atoms with Gasteiger partial charge in [0, 0.05) is 7.05 Å². The lowest BCUT2D eigenvalue weighted by Gasteiger charge is -2.32. The van der Waals surface area contributed by atoms with Crippen LogP contribution < -0.4 is 5.32 Å². The molecule has 6 nitrogen and oxygen atoms in total. The molecule has 2 aliphatic heterocycles. The monoisotopic (exact) mass is 365 g/mol. The predicted octanol–water partition coefficient (Wildman–Crippen LogP) is 3.20. The lowest BCUT2D eigenvalue weighted by molar-refractivity contribution is -0.126. The van der Waals surface area contributed by atoms with Crippen LogP contribution in [0.4, 0.5) is 4.79 Å². The molecule has 0 saturated heterocycles. The molecule has 0 bridgehead atoms. The molecule has 2 aliphatic rings. The first-order chi connectivity index (χ1) is 12.9. The van der Waals surface area contributed by atoms with Gasteiger partial charge in [-0.1, -0.05) is 12.1 Å². The molecule has 1 unspecified atom stereocenters. The van der Waals surface area contributed by atoms with Gasteiger partial charge >= 0.3 is 6.03 Å². The number of nitrogens with zero attached hydrogens (tertiary/aromatic N) is 2. The number of rotatable bonds is 3. The van der Waals surface area contributed by atoms with Gasteiger partial charge in [-0.2, -0.15) is 0 Å². The Balaban J connectivity index is 1.74. The van der Waals surface area contributed by atoms with Gasteiger partial charge in [-0.25, -0.2) is 4.79 Å². The van der Waals surface area contributed by atoms with Crippen LogP contribution in [0.1, 0.15) is 34.1 Å². The SMILES string of the molecule is Cc1cc(C)c(C2NC(=O)N(C)C3=C2C(=O)N(Cc2ccco2)C3)cc1C. The third-order valence-corrected chi connectivity index (χ3v) is 5.56. The van der Waals surface area contributed by atoms with Gasteiger partial charge < -0.3 is 14.6 Å². The van der Waals surface area contributed by atoms with E-state index in [1.165, 1.54) is 5.56 Å². The van der Waals surface area contributed by atoms with Crippen molar-refractivity contribution >= 4 is 11.9 Å². The molecule has 0 fully saturated rings. The van der Waals surface area contributed by atoms with Crippen LogP contribution in [0, 0.1) is 20.8 Å². The topological polar surface area (TPSA) is 65.8 Å². The maximum atomic E-state index is 13.2. The van der Waals surface area contributed by atoms with Crippen molar-refractivity contribution in [2.24, 2.45) is 0 Å². The van der Waals surface area contributed by atoms with Crippen LogP contribution in [0.2, 0.25) is 0 Å². The number of carbonyl (C=O) groups is 2. The second-order valence-corrected chi connectivity index (χ2v) is 7.34. The Morgan fingerprint density at radius 2 is 1.89 bits per heavy atom. The first kappa shape index (κ1) is 17.4. The van der Waals surface area contributed by atoms with Crippen molar-refractivity contribution in [1.82, 2.24) is 15.1 Å². The number of carbonyl (C=O) groups excluding carboxylic acids is 2. The number of hydrogen-bond donors (Lipinski definition) is 1. The van der Waals surface area contributed by atoms with E-state index in [1.807, 2.05) is 26.0 Å². The quantitative estimate of drug-likeness (QED) is 0.908. The molecule has 0 aliphatic carbocycles. The molecule has 3 amide bonds. The highest BCUT2D eigenvalue weighted by atomic mass is 16.3. The van der Waals surface area contributed by atoms with E-state index in [-0.39, 0.29) is 11.9 Å². The molecule has 140 valence electrons. The Labute approximate surface area is 158 Å². The molecule has 1 aromatic carbocycles. The maximum Gasteiger partial charge on any atom is 0.322 e. The molecule has 3 heterocycles. The summed E-state index contributed by atoms with van der Waals surface area (Å²) in [7, 11) is 1.71. The summed E-state index contributed by atoms with van der Waals surface area (Å²) >= 11 is 0. The molecule has 2 aromatic rings. The van der Waals surface area contributed by atoms with Gasteiger partial charge in [-0.05, 0) is 55.2 Å². The Morgan fingerprint density at radius 3 is 2.59 bits per heavy atom. The van der Waals surface area contributed by atoms with Gasteiger partial charge in [0.2, 0.25) is 0 Å². The van der Waals surface area contributed by atoms with Crippen molar-refractivity contribution in [1.29, 1.82) is 0 Å². The number of furan rings is 1. The van der Waals surface area contributed by atoms with E-state index < -0.39 is 6.04 Å². The molecule has 1 atom stereocenters. The van der Waals surface area contributed by atoms with Crippen molar-refractivity contribution < 1.29 is 14.0 Å². The molecular weight excluding hydrogens is 342 g/mol. The van der Waals surface area contributed by atoms with E-state index in [9.17, 15) is 9.59 Å². The number of benzene rings is 1. The number of hydrogen-bond acceptors (Lipinski definition) is 3. The summed E-state index contributed by atoms with van der Waals surface area (Å²) in [6.07, 6.45) is 1.60. The van der Waals surface area contributed by atoms with Crippen LogP contribution in [0.15, 0.2) is 46.2 Å². The largest absolute Gasteiger partial charge is 0.467 e. The highest BCUT2D eigenvalue weighted by Crippen LogP contribution is 2.37. The first-order valence-corrected chi connectivity index (χ1v) is 9.03. The molecule has 0 spiro atoms. The zero-order chi connectivity index (χ0) is 19.3. The Bertz CT molecular complexity index is 959. The van der Waals surface area contributed by atoms with Gasteiger partial charge in [0.05, 0.1) is 36.7 Å². The van der Waals surface area contributed by atoms with Crippen molar-refractivity contribution in [3.05, 3.63) is 69.8 Å². The number of amides is 3. The summed E-state index contributed by atoms with van der Waals surface area (Å²) in [5, 5.41) is 3.01. The van der Waals surface area contributed by atoms with Crippen molar-refractivity contribution in [2.75, 3.05) is 13.6 Å². The summed E-state index contributed by atoms with van der Waals surface area (Å²) in [5.74, 6) is 0.667. The molecule has 0 saturated carbocycles. The van der Waals surface area contributed by atoms with Crippen LogP contribution in [0.3, 0.4) is 0 Å². The van der Waals surface area contributed by atoms with E-state index >= 15 is 0 Å². The van der Waals surface area contributed by atoms with E-state index in [0.717, 1.165) is 28.1 Å². The van der Waals surface area contributed by atoms with E-state index in [1.54, 1.807) is 23.1 Å². The van der Waals surface area contributed by atoms with Crippen LogP contribution in [0.25, 0.3) is 0 Å². The van der Waals surface area contributed by atoms with Gasteiger partial charge in [0.15, 0.2) is 0 Å². The van der Waals surface area contributed by atoms with Crippen LogP contribution in [-0.4, -0.2) is 35.3 Å². The standard InChI is InChI=1S/C21H23N3O3/c1-12-8-14(3)16(9-13(12)2)19-18-17(23(4)21(26)22-19)11-24(20(18)25)10-15-6-5-7-27-15/h5-9,19H,10-11H2,1-4H3,(H,22,26). The lowest BCUT2D eigenvalue weighted by atomic mass is 9.90. The third-order valence-electron chi connectivity index (χ3n) is 5.56. The zero-order valence-corrected chi connectivity index (χ0v) is 16.0. The zero-order valence-electron chi connectivity index (χ0n) is 16.0. The van der Waals surface area contributed by atoms with Crippen molar-refractivity contribution in [3.8, 4) is 0 Å². The molecular formula is C21H23N3O3. The average molecular weight is 365 g/mol. The highest BCUT2D eigenvalue weighted by molar-refractivity contribution is 6.01. The minimum atomic E-state index is -0.433. The fraction of sp³-hybridized carbons (Fsp3) is 0.333.